The van der Waals surface area contributed by atoms with E-state index in [1.807, 2.05) is 0 Å². The highest BCUT2D eigenvalue weighted by molar-refractivity contribution is 5.77. The van der Waals surface area contributed by atoms with Crippen LogP contribution in [-0.4, -0.2) is 70.5 Å². The van der Waals surface area contributed by atoms with Crippen LogP contribution in [0.3, 0.4) is 0 Å². The smallest absolute Gasteiger partial charge is 0.423 e. The molecule has 1 aromatic heterocycles. The number of aromatic nitrogens is 1. The van der Waals surface area contributed by atoms with Crippen LogP contribution in [-0.2, 0) is 22.3 Å². The lowest BCUT2D eigenvalue weighted by Crippen LogP contribution is -2.49. The Labute approximate surface area is 232 Å². The molecule has 0 radical (unpaired) electrons. The minimum absolute atomic E-state index is 0.0449. The molecule has 2 aromatic carbocycles. The summed E-state index contributed by atoms with van der Waals surface area (Å²) in [6, 6.07) is 7.01. The first-order valence-electron chi connectivity index (χ1n) is 13.3. The predicted octanol–water partition coefficient (Wildman–Crippen LogP) is 4.98. The zero-order valence-electron chi connectivity index (χ0n) is 22.0. The Kier molecular flexibility index (Phi) is 8.40. The van der Waals surface area contributed by atoms with E-state index in [-0.39, 0.29) is 36.2 Å². The van der Waals surface area contributed by atoms with Crippen LogP contribution in [0.1, 0.15) is 37.1 Å². The summed E-state index contributed by atoms with van der Waals surface area (Å²) < 4.78 is 64.7. The molecule has 0 unspecified atom stereocenters. The molecule has 1 aliphatic heterocycles. The first-order chi connectivity index (χ1) is 19.5. The number of carbonyl (C=O) groups excluding carboxylic acids is 1. The number of piperazine rings is 1. The van der Waals surface area contributed by atoms with Crippen molar-refractivity contribution < 1.29 is 36.4 Å². The SMILES string of the molecule is O=C(COC1CCC(Nc2ccc([N+](=O)[O-])c(C(F)(F)F)c2)CC1)N1CCN(Cc2nc3cc(F)ccc3o2)CC1. The molecule has 0 bridgehead atoms. The van der Waals surface area contributed by atoms with E-state index in [2.05, 4.69) is 15.2 Å². The fraction of sp³-hybridized carbons (Fsp3) is 0.481. The van der Waals surface area contributed by atoms with Gasteiger partial charge in [0.1, 0.15) is 23.5 Å². The highest BCUT2D eigenvalue weighted by atomic mass is 19.4. The number of nitrogens with zero attached hydrogens (tertiary/aromatic N) is 4. The minimum Gasteiger partial charge on any atom is -0.439 e. The van der Waals surface area contributed by atoms with E-state index in [1.165, 1.54) is 18.2 Å². The zero-order valence-corrected chi connectivity index (χ0v) is 22.0. The van der Waals surface area contributed by atoms with Crippen molar-refractivity contribution in [3.05, 3.63) is 63.8 Å². The summed E-state index contributed by atoms with van der Waals surface area (Å²) in [5.41, 5.74) is -1.09. The molecule has 1 amide bonds. The van der Waals surface area contributed by atoms with Gasteiger partial charge in [0.15, 0.2) is 5.58 Å². The molecule has 1 saturated carbocycles. The number of fused-ring (bicyclic) bond motifs is 1. The van der Waals surface area contributed by atoms with Crippen molar-refractivity contribution in [1.29, 1.82) is 0 Å². The number of nitro benzene ring substituents is 1. The molecule has 1 N–H and O–H groups in total. The number of ether oxygens (including phenoxy) is 1. The number of hydrogen-bond acceptors (Lipinski definition) is 8. The third-order valence-electron chi connectivity index (χ3n) is 7.46. The monoisotopic (exact) mass is 579 g/mol. The molecular formula is C27H29F4N5O5. The van der Waals surface area contributed by atoms with E-state index in [1.54, 1.807) is 11.0 Å². The van der Waals surface area contributed by atoms with Gasteiger partial charge in [-0.3, -0.25) is 19.8 Å². The fourth-order valence-corrected chi connectivity index (χ4v) is 5.26. The molecule has 220 valence electrons. The molecule has 3 aromatic rings. The number of amides is 1. The van der Waals surface area contributed by atoms with Crippen molar-refractivity contribution in [2.45, 2.75) is 50.6 Å². The second-order valence-corrected chi connectivity index (χ2v) is 10.3. The standard InChI is InChI=1S/C27H29F4N5O5/c28-17-1-8-24-22(13-17)33-25(41-24)15-34-9-11-35(12-10-34)26(37)16-40-20-5-2-18(3-6-20)32-19-4-7-23(36(38)39)21(14-19)27(29,30)31/h1,4,7-8,13-14,18,20,32H,2-3,5-6,9-12,15-16H2. The number of benzene rings is 2. The molecule has 2 aliphatic rings. The lowest BCUT2D eigenvalue weighted by molar-refractivity contribution is -0.388. The number of rotatable bonds is 8. The van der Waals surface area contributed by atoms with Gasteiger partial charge in [0, 0.05) is 50.0 Å². The Morgan fingerprint density at radius 3 is 2.51 bits per heavy atom. The Balaban J connectivity index is 1.03. The van der Waals surface area contributed by atoms with Crippen LogP contribution in [0.2, 0.25) is 0 Å². The first-order valence-corrected chi connectivity index (χ1v) is 13.3. The molecular weight excluding hydrogens is 550 g/mol. The van der Waals surface area contributed by atoms with Gasteiger partial charge in [0.05, 0.1) is 17.6 Å². The van der Waals surface area contributed by atoms with Gasteiger partial charge in [0.25, 0.3) is 5.69 Å². The summed E-state index contributed by atoms with van der Waals surface area (Å²) in [4.78, 5) is 30.8. The number of nitrogens with one attached hydrogen (secondary N) is 1. The summed E-state index contributed by atoms with van der Waals surface area (Å²) in [5, 5.41) is 14.0. The van der Waals surface area contributed by atoms with Gasteiger partial charge in [-0.05, 0) is 49.9 Å². The van der Waals surface area contributed by atoms with Crippen LogP contribution in [0.4, 0.5) is 28.9 Å². The molecule has 5 rings (SSSR count). The number of carbonyl (C=O) groups is 1. The van der Waals surface area contributed by atoms with Crippen molar-refractivity contribution in [3.63, 3.8) is 0 Å². The number of nitro groups is 1. The average molecular weight is 580 g/mol. The van der Waals surface area contributed by atoms with Crippen LogP contribution < -0.4 is 5.32 Å². The quantitative estimate of drug-likeness (QED) is 0.226. The fourth-order valence-electron chi connectivity index (χ4n) is 5.26. The van der Waals surface area contributed by atoms with Gasteiger partial charge in [-0.25, -0.2) is 9.37 Å². The number of hydrogen-bond donors (Lipinski definition) is 1. The molecule has 0 atom stereocenters. The summed E-state index contributed by atoms with van der Waals surface area (Å²) in [7, 11) is 0. The summed E-state index contributed by atoms with van der Waals surface area (Å²) >= 11 is 0. The second kappa shape index (κ2) is 12.0. The van der Waals surface area contributed by atoms with Crippen LogP contribution in [0.25, 0.3) is 11.1 Å². The number of oxazole rings is 1. The Bertz CT molecular complexity index is 1400. The maximum absolute atomic E-state index is 13.4. The van der Waals surface area contributed by atoms with Crippen LogP contribution in [0, 0.1) is 15.9 Å². The van der Waals surface area contributed by atoms with Crippen molar-refractivity contribution >= 4 is 28.4 Å². The Hall–Kier alpha value is -3.78. The highest BCUT2D eigenvalue weighted by Crippen LogP contribution is 2.38. The Morgan fingerprint density at radius 2 is 1.83 bits per heavy atom. The van der Waals surface area contributed by atoms with E-state index in [0.717, 1.165) is 12.1 Å². The van der Waals surface area contributed by atoms with Crippen LogP contribution in [0.5, 0.6) is 0 Å². The topological polar surface area (TPSA) is 114 Å². The zero-order chi connectivity index (χ0) is 29.1. The van der Waals surface area contributed by atoms with Gasteiger partial charge in [0.2, 0.25) is 11.8 Å². The Morgan fingerprint density at radius 1 is 1.10 bits per heavy atom. The lowest BCUT2D eigenvalue weighted by Gasteiger charge is -2.34. The largest absolute Gasteiger partial charge is 0.439 e. The van der Waals surface area contributed by atoms with Gasteiger partial charge in [-0.15, -0.1) is 0 Å². The van der Waals surface area contributed by atoms with Crippen molar-refractivity contribution in [1.82, 2.24) is 14.8 Å². The van der Waals surface area contributed by atoms with E-state index in [4.69, 9.17) is 9.15 Å². The summed E-state index contributed by atoms with van der Waals surface area (Å²) in [5.74, 6) is 0.0163. The lowest BCUT2D eigenvalue weighted by atomic mass is 9.92. The van der Waals surface area contributed by atoms with E-state index < -0.39 is 22.4 Å². The second-order valence-electron chi connectivity index (χ2n) is 10.3. The first kappa shape index (κ1) is 28.7. The molecule has 1 saturated heterocycles. The maximum Gasteiger partial charge on any atom is 0.423 e. The average Bonchev–Trinajstić information content (AvgIpc) is 3.33. The van der Waals surface area contributed by atoms with Gasteiger partial charge < -0.3 is 19.4 Å². The third kappa shape index (κ3) is 7.11. The molecule has 41 heavy (non-hydrogen) atoms. The predicted molar refractivity (Wildman–Crippen MR) is 140 cm³/mol. The van der Waals surface area contributed by atoms with Gasteiger partial charge in [-0.2, -0.15) is 13.2 Å². The van der Waals surface area contributed by atoms with Crippen LogP contribution >= 0.6 is 0 Å². The van der Waals surface area contributed by atoms with Gasteiger partial charge in [-0.1, -0.05) is 0 Å². The molecule has 0 spiro atoms. The molecule has 2 heterocycles. The van der Waals surface area contributed by atoms with Gasteiger partial charge >= 0.3 is 6.18 Å². The number of alkyl halides is 3. The van der Waals surface area contributed by atoms with E-state index in [0.29, 0.717) is 75.4 Å². The minimum atomic E-state index is -4.83. The molecule has 2 fully saturated rings. The third-order valence-corrected chi connectivity index (χ3v) is 7.46. The van der Waals surface area contributed by atoms with Crippen molar-refractivity contribution in [3.8, 4) is 0 Å². The summed E-state index contributed by atoms with van der Waals surface area (Å²) in [6.07, 6.45) is -2.46. The van der Waals surface area contributed by atoms with Crippen molar-refractivity contribution in [2.75, 3.05) is 38.1 Å². The van der Waals surface area contributed by atoms with E-state index >= 15 is 0 Å². The van der Waals surface area contributed by atoms with Crippen LogP contribution in [0.15, 0.2) is 40.8 Å². The highest BCUT2D eigenvalue weighted by Gasteiger charge is 2.38. The summed E-state index contributed by atoms with van der Waals surface area (Å²) in [6.45, 7) is 2.74. The number of halogens is 4. The molecule has 10 nitrogen and oxygen atoms in total. The molecule has 1 aliphatic carbocycles. The molecule has 14 heteroatoms. The number of anilines is 1. The normalized spacial score (nSPS) is 20.3. The van der Waals surface area contributed by atoms with E-state index in [9.17, 15) is 32.5 Å². The van der Waals surface area contributed by atoms with Crippen molar-refractivity contribution in [2.24, 2.45) is 0 Å². The maximum atomic E-state index is 13.4.